The molecule has 0 fully saturated rings. The summed E-state index contributed by atoms with van der Waals surface area (Å²) in [7, 11) is 0. The number of benzene rings is 3. The second-order valence-corrected chi connectivity index (χ2v) is 8.45. The highest BCUT2D eigenvalue weighted by molar-refractivity contribution is 5.94. The Morgan fingerprint density at radius 3 is 1.89 bits per heavy atom. The zero-order valence-electron chi connectivity index (χ0n) is 21.5. The number of Topliss-reactive ketones (excluding diaryl/α,β-unsaturated/α-hetero) is 1. The fourth-order valence-electron chi connectivity index (χ4n) is 3.79. The Hall–Kier alpha value is -3.70. The van der Waals surface area contributed by atoms with E-state index in [0.29, 0.717) is 26.2 Å². The van der Waals surface area contributed by atoms with E-state index in [1.54, 1.807) is 13.8 Å². The SMILES string of the molecule is CCOC(=O)[C@H](Cc1ccc(OCC=C(C)c2ccc(-c3ccc(C(C)=O)cc3)cc2)cc1)OCC. The van der Waals surface area contributed by atoms with Gasteiger partial charge in [-0.05, 0) is 73.7 Å². The molecule has 3 rings (SSSR count). The molecule has 0 heterocycles. The number of carbonyl (C=O) groups is 2. The third-order valence-electron chi connectivity index (χ3n) is 5.87. The van der Waals surface area contributed by atoms with E-state index in [9.17, 15) is 9.59 Å². The van der Waals surface area contributed by atoms with Gasteiger partial charge in [0.2, 0.25) is 0 Å². The molecule has 3 aromatic rings. The van der Waals surface area contributed by atoms with Gasteiger partial charge in [-0.2, -0.15) is 0 Å². The number of rotatable bonds is 12. The van der Waals surface area contributed by atoms with E-state index in [1.807, 2.05) is 55.5 Å². The lowest BCUT2D eigenvalue weighted by Gasteiger charge is -2.15. The van der Waals surface area contributed by atoms with Crippen LogP contribution in [0.4, 0.5) is 0 Å². The Kier molecular flexibility index (Phi) is 10.0. The normalized spacial score (nSPS) is 12.2. The van der Waals surface area contributed by atoms with Gasteiger partial charge in [0.1, 0.15) is 12.4 Å². The molecule has 5 heteroatoms. The molecule has 0 radical (unpaired) electrons. The molecule has 0 aliphatic carbocycles. The van der Waals surface area contributed by atoms with Crippen molar-refractivity contribution in [3.8, 4) is 16.9 Å². The van der Waals surface area contributed by atoms with Crippen LogP contribution < -0.4 is 4.74 Å². The first-order valence-corrected chi connectivity index (χ1v) is 12.3. The molecule has 0 saturated carbocycles. The average Bonchev–Trinajstić information content (AvgIpc) is 2.89. The van der Waals surface area contributed by atoms with Crippen LogP contribution in [0.3, 0.4) is 0 Å². The monoisotopic (exact) mass is 486 g/mol. The van der Waals surface area contributed by atoms with Crippen LogP contribution >= 0.6 is 0 Å². The van der Waals surface area contributed by atoms with Crippen molar-refractivity contribution in [1.29, 1.82) is 0 Å². The van der Waals surface area contributed by atoms with Crippen LogP contribution in [-0.4, -0.2) is 37.7 Å². The van der Waals surface area contributed by atoms with Crippen molar-refractivity contribution in [3.63, 3.8) is 0 Å². The first-order valence-electron chi connectivity index (χ1n) is 12.3. The average molecular weight is 487 g/mol. The van der Waals surface area contributed by atoms with E-state index in [-0.39, 0.29) is 11.8 Å². The lowest BCUT2D eigenvalue weighted by Crippen LogP contribution is -2.28. The number of carbonyl (C=O) groups excluding carboxylic acids is 2. The Balaban J connectivity index is 1.55. The van der Waals surface area contributed by atoms with Crippen LogP contribution in [0, 0.1) is 0 Å². The zero-order valence-corrected chi connectivity index (χ0v) is 21.5. The van der Waals surface area contributed by atoms with E-state index in [0.717, 1.165) is 39.1 Å². The molecule has 0 amide bonds. The fraction of sp³-hybridized carbons (Fsp3) is 0.290. The lowest BCUT2D eigenvalue weighted by molar-refractivity contribution is -0.156. The van der Waals surface area contributed by atoms with Gasteiger partial charge in [0.15, 0.2) is 11.9 Å². The van der Waals surface area contributed by atoms with Gasteiger partial charge >= 0.3 is 5.97 Å². The van der Waals surface area contributed by atoms with E-state index < -0.39 is 6.10 Å². The first-order chi connectivity index (χ1) is 17.4. The number of hydrogen-bond donors (Lipinski definition) is 0. The summed E-state index contributed by atoms with van der Waals surface area (Å²) in [6, 6.07) is 23.7. The lowest BCUT2D eigenvalue weighted by atomic mass is 9.99. The molecule has 188 valence electrons. The van der Waals surface area contributed by atoms with Gasteiger partial charge in [-0.1, -0.05) is 60.7 Å². The molecule has 3 aromatic carbocycles. The summed E-state index contributed by atoms with van der Waals surface area (Å²) < 4.78 is 16.5. The molecule has 0 aromatic heterocycles. The molecular weight excluding hydrogens is 452 g/mol. The summed E-state index contributed by atoms with van der Waals surface area (Å²) >= 11 is 0. The largest absolute Gasteiger partial charge is 0.490 e. The van der Waals surface area contributed by atoms with Gasteiger partial charge in [0.25, 0.3) is 0 Å². The molecule has 0 N–H and O–H groups in total. The minimum atomic E-state index is -0.599. The smallest absolute Gasteiger partial charge is 0.335 e. The first kappa shape index (κ1) is 26.9. The highest BCUT2D eigenvalue weighted by Crippen LogP contribution is 2.23. The predicted molar refractivity (Wildman–Crippen MR) is 143 cm³/mol. The second kappa shape index (κ2) is 13.4. The van der Waals surface area contributed by atoms with E-state index in [1.165, 1.54) is 0 Å². The van der Waals surface area contributed by atoms with Crippen molar-refractivity contribution in [2.75, 3.05) is 19.8 Å². The maximum absolute atomic E-state index is 12.1. The second-order valence-electron chi connectivity index (χ2n) is 8.45. The van der Waals surface area contributed by atoms with Crippen molar-refractivity contribution >= 4 is 17.3 Å². The zero-order chi connectivity index (χ0) is 25.9. The maximum atomic E-state index is 12.1. The highest BCUT2D eigenvalue weighted by Gasteiger charge is 2.20. The maximum Gasteiger partial charge on any atom is 0.335 e. The van der Waals surface area contributed by atoms with Gasteiger partial charge in [-0.25, -0.2) is 4.79 Å². The Morgan fingerprint density at radius 2 is 1.36 bits per heavy atom. The van der Waals surface area contributed by atoms with Crippen molar-refractivity contribution in [1.82, 2.24) is 0 Å². The molecule has 0 bridgehead atoms. The highest BCUT2D eigenvalue weighted by atomic mass is 16.6. The summed E-state index contributed by atoms with van der Waals surface area (Å²) in [5, 5.41) is 0. The topological polar surface area (TPSA) is 61.8 Å². The van der Waals surface area contributed by atoms with Crippen LogP contribution in [0.15, 0.2) is 78.9 Å². The Labute approximate surface area is 213 Å². The van der Waals surface area contributed by atoms with Crippen LogP contribution in [0.1, 0.15) is 49.2 Å². The Morgan fingerprint density at radius 1 is 0.778 bits per heavy atom. The summed E-state index contributed by atoms with van der Waals surface area (Å²) in [6.45, 7) is 8.52. The fourth-order valence-corrected chi connectivity index (χ4v) is 3.79. The van der Waals surface area contributed by atoms with Gasteiger partial charge < -0.3 is 14.2 Å². The molecule has 0 spiro atoms. The van der Waals surface area contributed by atoms with Crippen molar-refractivity contribution in [2.24, 2.45) is 0 Å². The molecule has 0 saturated heterocycles. The molecule has 0 aliphatic heterocycles. The van der Waals surface area contributed by atoms with Gasteiger partial charge in [-0.15, -0.1) is 0 Å². The van der Waals surface area contributed by atoms with Crippen LogP contribution in [0.2, 0.25) is 0 Å². The molecular formula is C31H34O5. The van der Waals surface area contributed by atoms with Gasteiger partial charge in [-0.3, -0.25) is 4.79 Å². The molecule has 36 heavy (non-hydrogen) atoms. The van der Waals surface area contributed by atoms with Crippen molar-refractivity contribution in [3.05, 3.63) is 95.6 Å². The van der Waals surface area contributed by atoms with Crippen LogP contribution in [-0.2, 0) is 20.7 Å². The summed E-state index contributed by atoms with van der Waals surface area (Å²) in [5.41, 5.74) is 6.13. The number of ether oxygens (including phenoxy) is 3. The standard InChI is InChI=1S/C31H34O5/c1-5-34-30(31(33)35-6-2)21-24-7-17-29(18-8-24)36-20-19-22(3)25-9-13-27(14-10-25)28-15-11-26(12-16-28)23(4)32/h7-19,30H,5-6,20-21H2,1-4H3/t30-/m0/s1. The summed E-state index contributed by atoms with van der Waals surface area (Å²) in [6.07, 6.45) is 1.91. The van der Waals surface area contributed by atoms with Gasteiger partial charge in [0, 0.05) is 18.6 Å². The number of ketones is 1. The predicted octanol–water partition coefficient (Wildman–Crippen LogP) is 6.55. The minimum absolute atomic E-state index is 0.0695. The van der Waals surface area contributed by atoms with E-state index in [4.69, 9.17) is 14.2 Å². The van der Waals surface area contributed by atoms with Crippen molar-refractivity contribution in [2.45, 2.75) is 40.2 Å². The summed E-state index contributed by atoms with van der Waals surface area (Å²) in [4.78, 5) is 23.5. The third kappa shape index (κ3) is 7.65. The number of esters is 1. The molecule has 5 nitrogen and oxygen atoms in total. The molecule has 0 unspecified atom stereocenters. The number of hydrogen-bond acceptors (Lipinski definition) is 5. The summed E-state index contributed by atoms with van der Waals surface area (Å²) in [5.74, 6) is 0.496. The third-order valence-corrected chi connectivity index (χ3v) is 5.87. The van der Waals surface area contributed by atoms with Crippen LogP contribution in [0.25, 0.3) is 16.7 Å². The minimum Gasteiger partial charge on any atom is -0.490 e. The van der Waals surface area contributed by atoms with Crippen LogP contribution in [0.5, 0.6) is 5.75 Å². The van der Waals surface area contributed by atoms with Gasteiger partial charge in [0.05, 0.1) is 6.61 Å². The Bertz CT molecular complexity index is 1160. The van der Waals surface area contributed by atoms with E-state index >= 15 is 0 Å². The van der Waals surface area contributed by atoms with E-state index in [2.05, 4.69) is 37.3 Å². The molecule has 0 aliphatic rings. The number of allylic oxidation sites excluding steroid dienone is 1. The molecule has 1 atom stereocenters. The van der Waals surface area contributed by atoms with Crippen molar-refractivity contribution < 1.29 is 23.8 Å². The quantitative estimate of drug-likeness (QED) is 0.215.